The summed E-state index contributed by atoms with van der Waals surface area (Å²) in [7, 11) is 0. The van der Waals surface area contributed by atoms with Crippen LogP contribution in [0.4, 0.5) is 10.2 Å². The number of rotatable bonds is 4. The summed E-state index contributed by atoms with van der Waals surface area (Å²) in [6.45, 7) is 3.88. The van der Waals surface area contributed by atoms with E-state index in [1.165, 1.54) is 50.2 Å². The lowest BCUT2D eigenvalue weighted by Crippen LogP contribution is -2.52. The first kappa shape index (κ1) is 18.1. The molecule has 0 N–H and O–H groups in total. The summed E-state index contributed by atoms with van der Waals surface area (Å²) in [5, 5.41) is 5.71. The van der Waals surface area contributed by atoms with Crippen molar-refractivity contribution in [2.24, 2.45) is 5.41 Å². The predicted molar refractivity (Wildman–Crippen MR) is 119 cm³/mol. The molecular weight excluding hydrogens is 389 g/mol. The van der Waals surface area contributed by atoms with Gasteiger partial charge in [0.15, 0.2) is 0 Å². The molecule has 3 aromatic rings. The number of nitrogens with zero attached hydrogens (tertiary/aromatic N) is 5. The molecule has 6 heteroatoms. The van der Waals surface area contributed by atoms with Crippen molar-refractivity contribution >= 4 is 16.7 Å². The van der Waals surface area contributed by atoms with Crippen molar-refractivity contribution in [1.29, 1.82) is 0 Å². The fourth-order valence-corrected chi connectivity index (χ4v) is 5.81. The standard InChI is InChI=1S/C25H28FN5/c26-23-13-20(14-24(28-23)30-10-8-29(9-11-30)19-2-1-3-19)31-22-12-17(4-5-18(22)16-27-31)21-15-25(21)6-7-25/h4-5,12-14,16,19,21H,1-3,6-11,15H2. The van der Waals surface area contributed by atoms with Gasteiger partial charge < -0.3 is 4.90 Å². The van der Waals surface area contributed by atoms with Crippen molar-refractivity contribution < 1.29 is 4.39 Å². The largest absolute Gasteiger partial charge is 0.354 e. The Morgan fingerprint density at radius 1 is 1.00 bits per heavy atom. The minimum absolute atomic E-state index is 0.437. The van der Waals surface area contributed by atoms with Crippen LogP contribution in [0, 0.1) is 11.4 Å². The summed E-state index contributed by atoms with van der Waals surface area (Å²) >= 11 is 0. The maximum absolute atomic E-state index is 14.6. The fourth-order valence-electron chi connectivity index (χ4n) is 5.81. The summed E-state index contributed by atoms with van der Waals surface area (Å²) in [5.41, 5.74) is 3.85. The van der Waals surface area contributed by atoms with E-state index in [1.807, 2.05) is 16.9 Å². The second kappa shape index (κ2) is 6.52. The van der Waals surface area contributed by atoms with Gasteiger partial charge in [-0.3, -0.25) is 4.90 Å². The van der Waals surface area contributed by atoms with Crippen LogP contribution in [-0.4, -0.2) is 51.9 Å². The molecule has 0 amide bonds. The number of piperazine rings is 1. The third-order valence-electron chi connectivity index (χ3n) is 8.32. The molecule has 7 rings (SSSR count). The van der Waals surface area contributed by atoms with Crippen LogP contribution in [-0.2, 0) is 0 Å². The first-order valence-corrected chi connectivity index (χ1v) is 11.8. The van der Waals surface area contributed by atoms with E-state index >= 15 is 0 Å². The van der Waals surface area contributed by atoms with Crippen molar-refractivity contribution in [1.82, 2.24) is 19.7 Å². The lowest BCUT2D eigenvalue weighted by molar-refractivity contribution is 0.120. The number of hydrogen-bond donors (Lipinski definition) is 0. The number of pyridine rings is 1. The summed E-state index contributed by atoms with van der Waals surface area (Å²) in [5.74, 6) is 0.993. The van der Waals surface area contributed by atoms with Gasteiger partial charge in [-0.2, -0.15) is 9.49 Å². The first-order valence-electron chi connectivity index (χ1n) is 11.8. The van der Waals surface area contributed by atoms with Crippen molar-refractivity contribution in [2.75, 3.05) is 31.1 Å². The molecule has 3 heterocycles. The molecule has 3 aliphatic carbocycles. The lowest BCUT2D eigenvalue weighted by Gasteiger charge is -2.43. The van der Waals surface area contributed by atoms with Crippen LogP contribution in [0.2, 0.25) is 0 Å². The van der Waals surface area contributed by atoms with Crippen molar-refractivity contribution in [3.8, 4) is 5.69 Å². The Morgan fingerprint density at radius 2 is 1.84 bits per heavy atom. The lowest BCUT2D eigenvalue weighted by atomic mass is 9.91. The van der Waals surface area contributed by atoms with E-state index in [0.717, 1.165) is 54.6 Å². The van der Waals surface area contributed by atoms with Gasteiger partial charge in [0.1, 0.15) is 5.82 Å². The Balaban J connectivity index is 1.19. The zero-order valence-electron chi connectivity index (χ0n) is 17.8. The first-order chi connectivity index (χ1) is 15.2. The van der Waals surface area contributed by atoms with E-state index in [1.54, 1.807) is 0 Å². The highest BCUT2D eigenvalue weighted by molar-refractivity contribution is 5.81. The summed E-state index contributed by atoms with van der Waals surface area (Å²) in [4.78, 5) is 9.05. The Morgan fingerprint density at radius 3 is 2.55 bits per heavy atom. The topological polar surface area (TPSA) is 37.2 Å². The quantitative estimate of drug-likeness (QED) is 0.586. The van der Waals surface area contributed by atoms with Crippen LogP contribution in [0.15, 0.2) is 36.5 Å². The SMILES string of the molecule is Fc1cc(-n2ncc3ccc(C4CC45CC5)cc32)cc(N2CCN(C3CCC3)CC2)n1. The molecule has 1 aliphatic heterocycles. The monoisotopic (exact) mass is 417 g/mol. The van der Waals surface area contributed by atoms with Gasteiger partial charge in [0.25, 0.3) is 0 Å². The predicted octanol–water partition coefficient (Wildman–Crippen LogP) is 4.50. The van der Waals surface area contributed by atoms with Gasteiger partial charge in [-0.25, -0.2) is 9.67 Å². The highest BCUT2D eigenvalue weighted by atomic mass is 19.1. The molecule has 1 unspecified atom stereocenters. The van der Waals surface area contributed by atoms with Crippen molar-refractivity contribution in [2.45, 2.75) is 50.5 Å². The van der Waals surface area contributed by atoms with Crippen LogP contribution in [0.25, 0.3) is 16.6 Å². The number of hydrogen-bond acceptors (Lipinski definition) is 4. The Labute approximate surface area is 181 Å². The average Bonchev–Trinajstić information content (AvgIpc) is 3.64. The molecule has 1 atom stereocenters. The molecule has 3 saturated carbocycles. The zero-order chi connectivity index (χ0) is 20.6. The third kappa shape index (κ3) is 2.99. The number of fused-ring (bicyclic) bond motifs is 1. The molecular formula is C25H28FN5. The minimum atomic E-state index is -0.437. The van der Waals surface area contributed by atoms with Gasteiger partial charge in [-0.05, 0) is 55.1 Å². The van der Waals surface area contributed by atoms with Gasteiger partial charge in [0.2, 0.25) is 5.95 Å². The van der Waals surface area contributed by atoms with Crippen LogP contribution < -0.4 is 4.90 Å². The van der Waals surface area contributed by atoms with Gasteiger partial charge >= 0.3 is 0 Å². The van der Waals surface area contributed by atoms with Gasteiger partial charge in [-0.15, -0.1) is 0 Å². The molecule has 4 fully saturated rings. The Kier molecular flexibility index (Phi) is 3.81. The van der Waals surface area contributed by atoms with E-state index in [2.05, 4.69) is 38.1 Å². The molecule has 4 aliphatic rings. The van der Waals surface area contributed by atoms with E-state index in [4.69, 9.17) is 0 Å². The van der Waals surface area contributed by atoms with E-state index in [9.17, 15) is 4.39 Å². The Bertz CT molecular complexity index is 1150. The summed E-state index contributed by atoms with van der Waals surface area (Å²) < 4.78 is 16.5. The molecule has 2 aromatic heterocycles. The van der Waals surface area contributed by atoms with E-state index in [0.29, 0.717) is 11.3 Å². The van der Waals surface area contributed by atoms with Gasteiger partial charge in [0, 0.05) is 49.7 Å². The second-order valence-corrected chi connectivity index (χ2v) is 10.1. The molecule has 0 radical (unpaired) electrons. The van der Waals surface area contributed by atoms with Crippen molar-refractivity contribution in [3.05, 3.63) is 48.0 Å². The van der Waals surface area contributed by atoms with E-state index in [-0.39, 0.29) is 0 Å². The Hall–Kier alpha value is -2.47. The minimum Gasteiger partial charge on any atom is -0.354 e. The van der Waals surface area contributed by atoms with Crippen LogP contribution >= 0.6 is 0 Å². The molecule has 5 nitrogen and oxygen atoms in total. The van der Waals surface area contributed by atoms with Crippen LogP contribution in [0.3, 0.4) is 0 Å². The van der Waals surface area contributed by atoms with Crippen LogP contribution in [0.5, 0.6) is 0 Å². The van der Waals surface area contributed by atoms with Crippen LogP contribution in [0.1, 0.15) is 50.0 Å². The highest BCUT2D eigenvalue weighted by Gasteiger charge is 2.62. The number of halogens is 1. The summed E-state index contributed by atoms with van der Waals surface area (Å²) in [6.07, 6.45) is 9.99. The zero-order valence-corrected chi connectivity index (χ0v) is 17.8. The number of benzene rings is 1. The smallest absolute Gasteiger partial charge is 0.216 e. The highest BCUT2D eigenvalue weighted by Crippen LogP contribution is 2.75. The maximum Gasteiger partial charge on any atom is 0.216 e. The second-order valence-electron chi connectivity index (χ2n) is 10.1. The molecule has 1 spiro atoms. The molecule has 160 valence electrons. The summed E-state index contributed by atoms with van der Waals surface area (Å²) in [6, 6.07) is 11.0. The van der Waals surface area contributed by atoms with Gasteiger partial charge in [0.05, 0.1) is 17.4 Å². The van der Waals surface area contributed by atoms with Gasteiger partial charge in [-0.1, -0.05) is 18.6 Å². The molecule has 0 bridgehead atoms. The molecule has 1 aromatic carbocycles. The van der Waals surface area contributed by atoms with E-state index < -0.39 is 5.95 Å². The fraction of sp³-hybridized carbons (Fsp3) is 0.520. The van der Waals surface area contributed by atoms with Crippen molar-refractivity contribution in [3.63, 3.8) is 0 Å². The molecule has 31 heavy (non-hydrogen) atoms. The molecule has 1 saturated heterocycles. The maximum atomic E-state index is 14.6. The number of aromatic nitrogens is 3. The third-order valence-corrected chi connectivity index (χ3v) is 8.32. The average molecular weight is 418 g/mol. The normalized spacial score (nSPS) is 25.2. The number of anilines is 1.